The predicted molar refractivity (Wildman–Crippen MR) is 189 cm³/mol. The lowest BCUT2D eigenvalue weighted by atomic mass is 9.85. The first-order valence-electron chi connectivity index (χ1n) is 19.0. The standard InChI is InChI=1S/C36H67O13P/c1-3-5-7-9-11-13-14-15-16-17-19-21-23-25-30(38)48-28(26-46-29(37)24-22-20-18-12-10-8-6-4-2)27-47-50(44,45)49-36-34(42)32(40)31(39)33(41)35(36)43/h13-14,28,31-36,39-43H,3-12,15-27H2,1-2H3,(H,44,45)/b14-13-. The summed E-state index contributed by atoms with van der Waals surface area (Å²) >= 11 is 0. The maximum absolute atomic E-state index is 12.7. The lowest BCUT2D eigenvalue weighted by Crippen LogP contribution is -2.64. The van der Waals surface area contributed by atoms with Gasteiger partial charge in [-0.25, -0.2) is 4.57 Å². The van der Waals surface area contributed by atoms with E-state index < -0.39 is 75.7 Å². The van der Waals surface area contributed by atoms with E-state index in [0.717, 1.165) is 57.8 Å². The molecule has 1 saturated carbocycles. The van der Waals surface area contributed by atoms with Crippen LogP contribution in [0.3, 0.4) is 0 Å². The fourth-order valence-electron chi connectivity index (χ4n) is 5.69. The van der Waals surface area contributed by atoms with E-state index in [2.05, 4.69) is 26.0 Å². The molecule has 0 aromatic heterocycles. The van der Waals surface area contributed by atoms with E-state index in [-0.39, 0.29) is 12.8 Å². The summed E-state index contributed by atoms with van der Waals surface area (Å²) < 4.78 is 33.2. The van der Waals surface area contributed by atoms with Crippen molar-refractivity contribution in [2.45, 2.75) is 191 Å². The molecular formula is C36H67O13P. The average molecular weight is 739 g/mol. The van der Waals surface area contributed by atoms with Gasteiger partial charge in [-0.1, -0.05) is 109 Å². The van der Waals surface area contributed by atoms with Gasteiger partial charge in [-0.3, -0.25) is 18.6 Å². The van der Waals surface area contributed by atoms with Crippen LogP contribution in [0, 0.1) is 0 Å². The highest BCUT2D eigenvalue weighted by Crippen LogP contribution is 2.47. The average Bonchev–Trinajstić information content (AvgIpc) is 3.09. The molecule has 0 amide bonds. The number of aliphatic hydroxyl groups is 5. The van der Waals surface area contributed by atoms with Gasteiger partial charge in [0.15, 0.2) is 6.10 Å². The van der Waals surface area contributed by atoms with Crippen molar-refractivity contribution in [3.05, 3.63) is 12.2 Å². The van der Waals surface area contributed by atoms with Gasteiger partial charge in [-0.05, 0) is 38.5 Å². The smallest absolute Gasteiger partial charge is 0.462 e. The van der Waals surface area contributed by atoms with E-state index in [1.54, 1.807) is 0 Å². The SMILES string of the molecule is CCCCCC/C=C\CCCCCCCC(=O)OC(COC(=O)CCCCCCCCCC)COP(=O)(O)OC1C(O)C(O)C(O)C(O)C1O. The van der Waals surface area contributed by atoms with E-state index in [4.69, 9.17) is 18.5 Å². The molecule has 50 heavy (non-hydrogen) atoms. The summed E-state index contributed by atoms with van der Waals surface area (Å²) in [7, 11) is -5.10. The topological polar surface area (TPSA) is 210 Å². The minimum Gasteiger partial charge on any atom is -0.462 e. The van der Waals surface area contributed by atoms with Gasteiger partial charge in [0.25, 0.3) is 0 Å². The number of unbranched alkanes of at least 4 members (excludes halogenated alkanes) is 16. The van der Waals surface area contributed by atoms with Crippen LogP contribution in [-0.2, 0) is 32.7 Å². The summed E-state index contributed by atoms with van der Waals surface area (Å²) in [5, 5.41) is 49.8. The number of allylic oxidation sites excluding steroid dienone is 2. The van der Waals surface area contributed by atoms with Crippen molar-refractivity contribution >= 4 is 19.8 Å². The Labute approximate surface area is 299 Å². The molecule has 6 N–H and O–H groups in total. The molecule has 0 aromatic rings. The van der Waals surface area contributed by atoms with Gasteiger partial charge in [0.2, 0.25) is 0 Å². The van der Waals surface area contributed by atoms with Crippen LogP contribution in [-0.4, -0.2) is 98.3 Å². The van der Waals surface area contributed by atoms with Crippen LogP contribution in [0.15, 0.2) is 12.2 Å². The van der Waals surface area contributed by atoms with E-state index in [1.807, 2.05) is 0 Å². The number of phosphoric acid groups is 1. The third-order valence-electron chi connectivity index (χ3n) is 8.86. The number of ether oxygens (including phenoxy) is 2. The highest BCUT2D eigenvalue weighted by atomic mass is 31.2. The zero-order chi connectivity index (χ0) is 37.2. The molecular weight excluding hydrogens is 671 g/mol. The van der Waals surface area contributed by atoms with Gasteiger partial charge in [0.05, 0.1) is 6.61 Å². The molecule has 0 heterocycles. The molecule has 0 bridgehead atoms. The Morgan fingerprint density at radius 3 is 1.54 bits per heavy atom. The predicted octanol–water partition coefficient (Wildman–Crippen LogP) is 5.55. The summed E-state index contributed by atoms with van der Waals surface area (Å²) in [4.78, 5) is 35.3. The second-order valence-corrected chi connectivity index (χ2v) is 14.8. The number of carbonyl (C=O) groups excluding carboxylic acids is 2. The van der Waals surface area contributed by atoms with Crippen molar-refractivity contribution in [2.75, 3.05) is 13.2 Å². The van der Waals surface area contributed by atoms with Crippen LogP contribution < -0.4 is 0 Å². The number of hydrogen-bond donors (Lipinski definition) is 6. The lowest BCUT2D eigenvalue weighted by Gasteiger charge is -2.41. The summed E-state index contributed by atoms with van der Waals surface area (Å²) in [6.07, 6.45) is 11.7. The summed E-state index contributed by atoms with van der Waals surface area (Å²) in [6, 6.07) is 0. The molecule has 0 aromatic carbocycles. The summed E-state index contributed by atoms with van der Waals surface area (Å²) in [5.74, 6) is -1.11. The molecule has 0 spiro atoms. The van der Waals surface area contributed by atoms with Crippen molar-refractivity contribution in [3.8, 4) is 0 Å². The zero-order valence-corrected chi connectivity index (χ0v) is 31.3. The first-order chi connectivity index (χ1) is 23.9. The number of esters is 2. The van der Waals surface area contributed by atoms with Gasteiger partial charge in [-0.2, -0.15) is 0 Å². The number of hydrogen-bond acceptors (Lipinski definition) is 12. The van der Waals surface area contributed by atoms with Gasteiger partial charge in [-0.15, -0.1) is 0 Å². The largest absolute Gasteiger partial charge is 0.472 e. The molecule has 6 atom stereocenters. The first-order valence-corrected chi connectivity index (χ1v) is 20.5. The Morgan fingerprint density at radius 2 is 1.02 bits per heavy atom. The minimum absolute atomic E-state index is 0.0895. The van der Waals surface area contributed by atoms with Gasteiger partial charge in [0.1, 0.15) is 43.2 Å². The molecule has 294 valence electrons. The normalized spacial score (nSPS) is 24.2. The van der Waals surface area contributed by atoms with Gasteiger partial charge < -0.3 is 39.9 Å². The van der Waals surface area contributed by atoms with Crippen molar-refractivity contribution < 1.29 is 63.1 Å². The van der Waals surface area contributed by atoms with E-state index >= 15 is 0 Å². The molecule has 1 rings (SSSR count). The maximum atomic E-state index is 12.7. The van der Waals surface area contributed by atoms with E-state index in [0.29, 0.717) is 12.8 Å². The Hall–Kier alpha value is -1.41. The van der Waals surface area contributed by atoms with Crippen LogP contribution >= 0.6 is 7.82 Å². The summed E-state index contributed by atoms with van der Waals surface area (Å²) in [6.45, 7) is 3.20. The minimum atomic E-state index is -5.10. The lowest BCUT2D eigenvalue weighted by molar-refractivity contribution is -0.220. The van der Waals surface area contributed by atoms with Gasteiger partial charge >= 0.3 is 19.8 Å². The monoisotopic (exact) mass is 738 g/mol. The van der Waals surface area contributed by atoms with E-state index in [9.17, 15) is 44.6 Å². The third-order valence-corrected chi connectivity index (χ3v) is 9.84. The fourth-order valence-corrected chi connectivity index (χ4v) is 6.66. The van der Waals surface area contributed by atoms with Crippen molar-refractivity contribution in [1.29, 1.82) is 0 Å². The fraction of sp³-hybridized carbons (Fsp3) is 0.889. The zero-order valence-electron chi connectivity index (χ0n) is 30.4. The molecule has 14 heteroatoms. The molecule has 0 saturated heterocycles. The Morgan fingerprint density at radius 1 is 0.600 bits per heavy atom. The van der Waals surface area contributed by atoms with Crippen LogP contribution in [0.5, 0.6) is 0 Å². The van der Waals surface area contributed by atoms with E-state index in [1.165, 1.54) is 51.4 Å². The quantitative estimate of drug-likeness (QED) is 0.0231. The van der Waals surface area contributed by atoms with Crippen molar-refractivity contribution in [1.82, 2.24) is 0 Å². The van der Waals surface area contributed by atoms with Crippen LogP contribution in [0.1, 0.15) is 149 Å². The molecule has 6 unspecified atom stereocenters. The van der Waals surface area contributed by atoms with Crippen LogP contribution in [0.25, 0.3) is 0 Å². The Kier molecular flexibility index (Phi) is 26.2. The number of aliphatic hydroxyl groups excluding tert-OH is 5. The molecule has 0 aliphatic heterocycles. The second kappa shape index (κ2) is 28.1. The van der Waals surface area contributed by atoms with Crippen LogP contribution in [0.2, 0.25) is 0 Å². The number of phosphoric ester groups is 1. The molecule has 1 fully saturated rings. The number of rotatable bonds is 30. The van der Waals surface area contributed by atoms with Crippen molar-refractivity contribution in [2.24, 2.45) is 0 Å². The third kappa shape index (κ3) is 21.2. The first kappa shape index (κ1) is 46.6. The molecule has 13 nitrogen and oxygen atoms in total. The molecule has 1 aliphatic rings. The van der Waals surface area contributed by atoms with Gasteiger partial charge in [0, 0.05) is 12.8 Å². The highest BCUT2D eigenvalue weighted by Gasteiger charge is 2.51. The van der Waals surface area contributed by atoms with Crippen LogP contribution in [0.4, 0.5) is 0 Å². The number of carbonyl (C=O) groups is 2. The Bertz CT molecular complexity index is 948. The highest BCUT2D eigenvalue weighted by molar-refractivity contribution is 7.47. The summed E-state index contributed by atoms with van der Waals surface area (Å²) in [5.41, 5.74) is 0. The second-order valence-electron chi connectivity index (χ2n) is 13.4. The molecule has 0 radical (unpaired) electrons. The maximum Gasteiger partial charge on any atom is 0.472 e. The molecule has 1 aliphatic carbocycles. The Balaban J connectivity index is 2.56. The van der Waals surface area contributed by atoms with Crippen molar-refractivity contribution in [3.63, 3.8) is 0 Å².